The molecule has 5 heteroatoms. The van der Waals surface area contributed by atoms with Crippen molar-refractivity contribution in [3.05, 3.63) is 48.5 Å². The number of hydrogen-bond donors (Lipinski definition) is 0. The van der Waals surface area contributed by atoms with E-state index in [1.54, 1.807) is 30.5 Å². The van der Waals surface area contributed by atoms with Crippen molar-refractivity contribution < 1.29 is 9.53 Å². The molecule has 1 atom stereocenters. The van der Waals surface area contributed by atoms with Crippen LogP contribution < -0.4 is 0 Å². The zero-order valence-corrected chi connectivity index (χ0v) is 11.2. The van der Waals surface area contributed by atoms with E-state index in [-0.39, 0.29) is 18.6 Å². The number of ether oxygens (including phenoxy) is 1. The number of pyridine rings is 2. The van der Waals surface area contributed by atoms with E-state index in [0.717, 1.165) is 16.7 Å². The Hall–Kier alpha value is -2.27. The highest BCUT2D eigenvalue weighted by Crippen LogP contribution is 2.31. The second-order valence-corrected chi connectivity index (χ2v) is 4.74. The second-order valence-electron chi connectivity index (χ2n) is 4.74. The molecule has 0 aromatic carbocycles. The smallest absolute Gasteiger partial charge is 0.248 e. The first-order valence-electron chi connectivity index (χ1n) is 6.45. The average molecular weight is 269 g/mol. The number of morpholine rings is 1. The third-order valence-electron chi connectivity index (χ3n) is 3.55. The Balaban J connectivity index is 2.04. The van der Waals surface area contributed by atoms with Crippen molar-refractivity contribution in [3.8, 4) is 11.1 Å². The summed E-state index contributed by atoms with van der Waals surface area (Å²) in [6.07, 6.45) is 7.09. The zero-order chi connectivity index (χ0) is 13.9. The third-order valence-corrected chi connectivity index (χ3v) is 3.55. The van der Waals surface area contributed by atoms with Gasteiger partial charge in [-0.1, -0.05) is 6.07 Å². The molecule has 1 fully saturated rings. The van der Waals surface area contributed by atoms with E-state index in [4.69, 9.17) is 4.74 Å². The Morgan fingerprint density at radius 2 is 2.10 bits per heavy atom. The van der Waals surface area contributed by atoms with E-state index in [2.05, 4.69) is 9.97 Å². The van der Waals surface area contributed by atoms with Gasteiger partial charge >= 0.3 is 0 Å². The van der Waals surface area contributed by atoms with Gasteiger partial charge in [-0.05, 0) is 17.7 Å². The third kappa shape index (κ3) is 2.28. The largest absolute Gasteiger partial charge is 0.369 e. The minimum atomic E-state index is -0.111. The lowest BCUT2D eigenvalue weighted by Crippen LogP contribution is -2.41. The van der Waals surface area contributed by atoms with E-state index in [1.165, 1.54) is 0 Å². The van der Waals surface area contributed by atoms with Crippen LogP contribution in [-0.4, -0.2) is 41.0 Å². The summed E-state index contributed by atoms with van der Waals surface area (Å²) in [5, 5.41) is 0. The molecule has 5 nitrogen and oxygen atoms in total. The van der Waals surface area contributed by atoms with Crippen LogP contribution in [0.4, 0.5) is 0 Å². The van der Waals surface area contributed by atoms with Gasteiger partial charge in [0.25, 0.3) is 0 Å². The topological polar surface area (TPSA) is 55.3 Å². The molecule has 1 unspecified atom stereocenters. The Labute approximate surface area is 117 Å². The van der Waals surface area contributed by atoms with Crippen LogP contribution in [0.3, 0.4) is 0 Å². The molecule has 0 N–H and O–H groups in total. The first-order chi connectivity index (χ1) is 9.77. The molecule has 2 aromatic rings. The predicted molar refractivity (Wildman–Crippen MR) is 73.8 cm³/mol. The molecule has 1 amide bonds. The van der Waals surface area contributed by atoms with Gasteiger partial charge in [-0.3, -0.25) is 14.8 Å². The fourth-order valence-corrected chi connectivity index (χ4v) is 2.40. The van der Waals surface area contributed by atoms with Crippen LogP contribution in [0, 0.1) is 0 Å². The number of carbonyl (C=O) groups is 1. The van der Waals surface area contributed by atoms with Crippen LogP contribution in [-0.2, 0) is 9.53 Å². The van der Waals surface area contributed by atoms with Crippen LogP contribution in [0.15, 0.2) is 43.0 Å². The van der Waals surface area contributed by atoms with Gasteiger partial charge in [-0.15, -0.1) is 0 Å². The average Bonchev–Trinajstić information content (AvgIpc) is 2.51. The van der Waals surface area contributed by atoms with Gasteiger partial charge in [0.05, 0.1) is 12.6 Å². The monoisotopic (exact) mass is 269 g/mol. The highest BCUT2D eigenvalue weighted by molar-refractivity contribution is 5.79. The quantitative estimate of drug-likeness (QED) is 0.832. The predicted octanol–water partition coefficient (Wildman–Crippen LogP) is 1.67. The number of amides is 1. The fourth-order valence-electron chi connectivity index (χ4n) is 2.40. The molecule has 3 heterocycles. The van der Waals surface area contributed by atoms with Crippen molar-refractivity contribution in [1.29, 1.82) is 0 Å². The molecule has 1 saturated heterocycles. The Kier molecular flexibility index (Phi) is 3.43. The van der Waals surface area contributed by atoms with Gasteiger partial charge in [0, 0.05) is 43.0 Å². The summed E-state index contributed by atoms with van der Waals surface area (Å²) in [5.41, 5.74) is 3.02. The molecule has 102 valence electrons. The molecule has 3 rings (SSSR count). The number of rotatable bonds is 2. The zero-order valence-electron chi connectivity index (χ0n) is 11.2. The Bertz CT molecular complexity index is 616. The molecule has 0 spiro atoms. The van der Waals surface area contributed by atoms with Gasteiger partial charge in [0.2, 0.25) is 5.91 Å². The Morgan fingerprint density at radius 1 is 1.25 bits per heavy atom. The van der Waals surface area contributed by atoms with Gasteiger partial charge in [-0.25, -0.2) is 0 Å². The van der Waals surface area contributed by atoms with Crippen LogP contribution in [0.5, 0.6) is 0 Å². The standard InChI is InChI=1S/C15H15N3O2/c1-18-14(9-20-10-15(18)19)13-8-17-6-4-12(13)11-3-2-5-16-7-11/h2-8,14H,9-10H2,1H3. The molecule has 2 aromatic heterocycles. The fraction of sp³-hybridized carbons (Fsp3) is 0.267. The number of hydrogen-bond acceptors (Lipinski definition) is 4. The number of aromatic nitrogens is 2. The van der Waals surface area contributed by atoms with Crippen molar-refractivity contribution in [3.63, 3.8) is 0 Å². The van der Waals surface area contributed by atoms with Gasteiger partial charge in [-0.2, -0.15) is 0 Å². The molecule has 0 radical (unpaired) electrons. The van der Waals surface area contributed by atoms with Crippen molar-refractivity contribution in [2.45, 2.75) is 6.04 Å². The SMILES string of the molecule is CN1C(=O)COCC1c1cnccc1-c1cccnc1. The summed E-state index contributed by atoms with van der Waals surface area (Å²) < 4.78 is 5.38. The minimum Gasteiger partial charge on any atom is -0.369 e. The maximum atomic E-state index is 11.8. The number of carbonyl (C=O) groups excluding carboxylic acids is 1. The summed E-state index contributed by atoms with van der Waals surface area (Å²) in [6.45, 7) is 0.636. The second kappa shape index (κ2) is 5.38. The number of likely N-dealkylation sites (N-methyl/N-ethyl adjacent to an activating group) is 1. The highest BCUT2D eigenvalue weighted by Gasteiger charge is 2.28. The van der Waals surface area contributed by atoms with Crippen molar-refractivity contribution in [1.82, 2.24) is 14.9 Å². The van der Waals surface area contributed by atoms with Gasteiger partial charge in [0.1, 0.15) is 6.61 Å². The summed E-state index contributed by atoms with van der Waals surface area (Å²) in [4.78, 5) is 21.9. The normalized spacial score (nSPS) is 19.1. The van der Waals surface area contributed by atoms with Gasteiger partial charge in [0.15, 0.2) is 0 Å². The maximum Gasteiger partial charge on any atom is 0.248 e. The first kappa shape index (κ1) is 12.7. The molecule has 0 saturated carbocycles. The van der Waals surface area contributed by atoms with Crippen LogP contribution >= 0.6 is 0 Å². The van der Waals surface area contributed by atoms with Crippen LogP contribution in [0.25, 0.3) is 11.1 Å². The van der Waals surface area contributed by atoms with E-state index in [1.807, 2.05) is 24.4 Å². The lowest BCUT2D eigenvalue weighted by molar-refractivity contribution is -0.146. The minimum absolute atomic E-state index is 0.0118. The lowest BCUT2D eigenvalue weighted by Gasteiger charge is -2.33. The molecule has 0 aliphatic carbocycles. The molecule has 0 bridgehead atoms. The summed E-state index contributed by atoms with van der Waals surface area (Å²) in [5.74, 6) is -0.0118. The summed E-state index contributed by atoms with van der Waals surface area (Å²) in [6, 6.07) is 5.72. The van der Waals surface area contributed by atoms with E-state index >= 15 is 0 Å². The molecule has 20 heavy (non-hydrogen) atoms. The van der Waals surface area contributed by atoms with Crippen LogP contribution in [0.1, 0.15) is 11.6 Å². The molecule has 1 aliphatic heterocycles. The molecule has 1 aliphatic rings. The molecular weight excluding hydrogens is 254 g/mol. The summed E-state index contributed by atoms with van der Waals surface area (Å²) >= 11 is 0. The highest BCUT2D eigenvalue weighted by atomic mass is 16.5. The van der Waals surface area contributed by atoms with E-state index < -0.39 is 0 Å². The summed E-state index contributed by atoms with van der Waals surface area (Å²) in [7, 11) is 1.80. The van der Waals surface area contributed by atoms with Crippen molar-refractivity contribution >= 4 is 5.91 Å². The Morgan fingerprint density at radius 3 is 2.90 bits per heavy atom. The first-order valence-corrected chi connectivity index (χ1v) is 6.45. The van der Waals surface area contributed by atoms with Crippen molar-refractivity contribution in [2.24, 2.45) is 0 Å². The van der Waals surface area contributed by atoms with Gasteiger partial charge < -0.3 is 9.64 Å². The van der Waals surface area contributed by atoms with E-state index in [0.29, 0.717) is 6.61 Å². The van der Waals surface area contributed by atoms with Crippen LogP contribution in [0.2, 0.25) is 0 Å². The van der Waals surface area contributed by atoms with E-state index in [9.17, 15) is 4.79 Å². The number of nitrogens with zero attached hydrogens (tertiary/aromatic N) is 3. The maximum absolute atomic E-state index is 11.8. The lowest BCUT2D eigenvalue weighted by atomic mass is 9.97. The van der Waals surface area contributed by atoms with Crippen molar-refractivity contribution in [2.75, 3.05) is 20.3 Å². The molecular formula is C15H15N3O2.